The van der Waals surface area contributed by atoms with Gasteiger partial charge in [0.25, 0.3) is 15.9 Å². The molecular formula is C36H33N3O5S. The molecule has 1 N–H and O–H groups in total. The Bertz CT molecular complexity index is 1930. The first-order chi connectivity index (χ1) is 21.8. The van der Waals surface area contributed by atoms with Gasteiger partial charge in [0.2, 0.25) is 0 Å². The number of benzene rings is 5. The second kappa shape index (κ2) is 12.4. The highest BCUT2D eigenvalue weighted by atomic mass is 32.2. The number of amides is 1. The Labute approximate surface area is 263 Å². The molecule has 9 heteroatoms. The molecule has 0 saturated heterocycles. The molecule has 228 valence electrons. The number of carbonyl (C=O) groups excluding carboxylic acids is 1. The summed E-state index contributed by atoms with van der Waals surface area (Å²) in [4.78, 5) is 18.4. The summed E-state index contributed by atoms with van der Waals surface area (Å²) >= 11 is 0. The van der Waals surface area contributed by atoms with Crippen LogP contribution < -0.4 is 24.0 Å². The van der Waals surface area contributed by atoms with E-state index in [1.54, 1.807) is 49.5 Å². The summed E-state index contributed by atoms with van der Waals surface area (Å²) in [6.07, 6.45) is -0.594. The zero-order chi connectivity index (χ0) is 31.6. The fraction of sp³-hybridized carbons (Fsp3) is 0.139. The summed E-state index contributed by atoms with van der Waals surface area (Å²) in [5.41, 5.74) is 4.82. The summed E-state index contributed by atoms with van der Waals surface area (Å²) in [7, 11) is -0.873. The van der Waals surface area contributed by atoms with Crippen LogP contribution >= 0.6 is 0 Å². The molecular weight excluding hydrogens is 586 g/mol. The van der Waals surface area contributed by atoms with Crippen LogP contribution in [-0.4, -0.2) is 28.5 Å². The monoisotopic (exact) mass is 619 g/mol. The van der Waals surface area contributed by atoms with E-state index in [-0.39, 0.29) is 16.4 Å². The van der Waals surface area contributed by atoms with Gasteiger partial charge in [-0.15, -0.1) is 0 Å². The van der Waals surface area contributed by atoms with Crippen LogP contribution in [-0.2, 0) is 16.6 Å². The van der Waals surface area contributed by atoms with E-state index in [0.29, 0.717) is 35.1 Å². The number of carbonyl (C=O) groups is 1. The molecule has 5 aromatic carbocycles. The van der Waals surface area contributed by atoms with Crippen molar-refractivity contribution in [2.45, 2.75) is 24.5 Å². The molecule has 0 aromatic heterocycles. The van der Waals surface area contributed by atoms with Gasteiger partial charge >= 0.3 is 0 Å². The fourth-order valence-corrected chi connectivity index (χ4v) is 6.68. The molecule has 1 amide bonds. The number of aryl methyl sites for hydroxylation is 1. The zero-order valence-electron chi connectivity index (χ0n) is 25.2. The van der Waals surface area contributed by atoms with Gasteiger partial charge in [0.05, 0.1) is 30.4 Å². The molecule has 0 saturated carbocycles. The Morgan fingerprint density at radius 3 is 2.16 bits per heavy atom. The molecule has 1 atom stereocenters. The van der Waals surface area contributed by atoms with Crippen molar-refractivity contribution in [3.8, 4) is 11.5 Å². The zero-order valence-corrected chi connectivity index (χ0v) is 26.0. The number of hydrogen-bond acceptors (Lipinski definition) is 6. The highest BCUT2D eigenvalue weighted by molar-refractivity contribution is 7.92. The standard InChI is InChI=1S/C36H33N3O5S/c1-25-13-17-28(18-14-25)39-35(31-11-7-8-12-34(31)44-3)38(24-26-9-5-4-6-10-26)33-22-21-30(23-32(33)36(39)40)45(41,42)37-27-15-19-29(43-2)20-16-27/h4-23,35,37H,24H2,1-3H3/t35-/m0/s1. The Balaban J connectivity index is 1.52. The number of rotatable bonds is 9. The SMILES string of the molecule is COc1ccc(NS(=O)(=O)c2ccc3c(c2)C(=O)N(c2ccc(C)cc2)[C@@H](c2ccccc2OC)N3Cc2ccccc2)cc1. The van der Waals surface area contributed by atoms with Crippen molar-refractivity contribution in [1.82, 2.24) is 0 Å². The molecule has 5 aromatic rings. The lowest BCUT2D eigenvalue weighted by Crippen LogP contribution is -2.49. The van der Waals surface area contributed by atoms with Gasteiger partial charge in [-0.25, -0.2) is 8.42 Å². The minimum absolute atomic E-state index is 0.0234. The third-order valence-electron chi connectivity index (χ3n) is 7.84. The van der Waals surface area contributed by atoms with Gasteiger partial charge in [0.15, 0.2) is 0 Å². The van der Waals surface area contributed by atoms with Crippen LogP contribution in [0.15, 0.2) is 126 Å². The summed E-state index contributed by atoms with van der Waals surface area (Å²) in [5.74, 6) is 0.920. The number of sulfonamides is 1. The second-order valence-corrected chi connectivity index (χ2v) is 12.4. The highest BCUT2D eigenvalue weighted by Gasteiger charge is 2.41. The van der Waals surface area contributed by atoms with Crippen LogP contribution in [0.25, 0.3) is 0 Å². The van der Waals surface area contributed by atoms with Crippen molar-refractivity contribution in [3.63, 3.8) is 0 Å². The number of methoxy groups -OCH3 is 2. The molecule has 1 aliphatic rings. The lowest BCUT2D eigenvalue weighted by atomic mass is 9.98. The lowest BCUT2D eigenvalue weighted by molar-refractivity contribution is 0.0967. The number of hydrogen-bond donors (Lipinski definition) is 1. The van der Waals surface area contributed by atoms with Gasteiger partial charge in [0.1, 0.15) is 17.7 Å². The van der Waals surface area contributed by atoms with Gasteiger partial charge in [-0.05, 0) is 73.2 Å². The largest absolute Gasteiger partial charge is 0.497 e. The maximum Gasteiger partial charge on any atom is 0.262 e. The van der Waals surface area contributed by atoms with Gasteiger partial charge in [0, 0.05) is 23.5 Å². The van der Waals surface area contributed by atoms with Crippen LogP contribution in [0.2, 0.25) is 0 Å². The maximum atomic E-state index is 14.6. The van der Waals surface area contributed by atoms with Crippen LogP contribution in [0.3, 0.4) is 0 Å². The Kier molecular flexibility index (Phi) is 8.19. The van der Waals surface area contributed by atoms with Crippen molar-refractivity contribution in [3.05, 3.63) is 144 Å². The molecule has 1 heterocycles. The molecule has 1 aliphatic heterocycles. The number of nitrogens with one attached hydrogen (secondary N) is 1. The van der Waals surface area contributed by atoms with E-state index in [2.05, 4.69) is 9.62 Å². The molecule has 45 heavy (non-hydrogen) atoms. The number of ether oxygens (including phenoxy) is 2. The van der Waals surface area contributed by atoms with E-state index in [1.165, 1.54) is 12.1 Å². The summed E-state index contributed by atoms with van der Waals surface area (Å²) < 4.78 is 40.8. The van der Waals surface area contributed by atoms with Crippen molar-refractivity contribution >= 4 is 33.0 Å². The number of nitrogens with zero attached hydrogens (tertiary/aromatic N) is 2. The first-order valence-corrected chi connectivity index (χ1v) is 15.9. The first kappa shape index (κ1) is 29.8. The molecule has 6 rings (SSSR count). The first-order valence-electron chi connectivity index (χ1n) is 14.4. The van der Waals surface area contributed by atoms with Gasteiger partial charge in [-0.3, -0.25) is 14.4 Å². The molecule has 0 unspecified atom stereocenters. The predicted molar refractivity (Wildman–Crippen MR) is 177 cm³/mol. The molecule has 0 aliphatic carbocycles. The molecule has 0 fully saturated rings. The van der Waals surface area contributed by atoms with Crippen LogP contribution in [0.1, 0.15) is 33.2 Å². The van der Waals surface area contributed by atoms with E-state index < -0.39 is 16.2 Å². The second-order valence-electron chi connectivity index (χ2n) is 10.8. The average molecular weight is 620 g/mol. The third-order valence-corrected chi connectivity index (χ3v) is 9.22. The number of anilines is 3. The van der Waals surface area contributed by atoms with E-state index >= 15 is 0 Å². The quantitative estimate of drug-likeness (QED) is 0.188. The van der Waals surface area contributed by atoms with Crippen LogP contribution in [0.4, 0.5) is 17.1 Å². The van der Waals surface area contributed by atoms with Crippen LogP contribution in [0, 0.1) is 6.92 Å². The average Bonchev–Trinajstić information content (AvgIpc) is 3.07. The maximum absolute atomic E-state index is 14.6. The van der Waals surface area contributed by atoms with Gasteiger partial charge < -0.3 is 14.4 Å². The topological polar surface area (TPSA) is 88.2 Å². The Hall–Kier alpha value is -5.28. The van der Waals surface area contributed by atoms with Gasteiger partial charge in [-0.2, -0.15) is 0 Å². The highest BCUT2D eigenvalue weighted by Crippen LogP contribution is 2.45. The van der Waals surface area contributed by atoms with E-state index in [1.807, 2.05) is 85.8 Å². The summed E-state index contributed by atoms with van der Waals surface area (Å²) in [6.45, 7) is 2.44. The van der Waals surface area contributed by atoms with Crippen molar-refractivity contribution in [1.29, 1.82) is 0 Å². The summed E-state index contributed by atoms with van der Waals surface area (Å²) in [6, 6.07) is 36.7. The minimum Gasteiger partial charge on any atom is -0.497 e. The number of fused-ring (bicyclic) bond motifs is 1. The van der Waals surface area contributed by atoms with Crippen molar-refractivity contribution in [2.75, 3.05) is 28.7 Å². The molecule has 0 bridgehead atoms. The lowest BCUT2D eigenvalue weighted by Gasteiger charge is -2.46. The fourth-order valence-electron chi connectivity index (χ4n) is 5.59. The van der Waals surface area contributed by atoms with Crippen LogP contribution in [0.5, 0.6) is 11.5 Å². The normalized spacial score (nSPS) is 14.6. The molecule has 0 spiro atoms. The smallest absolute Gasteiger partial charge is 0.262 e. The minimum atomic E-state index is -4.03. The van der Waals surface area contributed by atoms with Crippen molar-refractivity contribution < 1.29 is 22.7 Å². The van der Waals surface area contributed by atoms with Crippen molar-refractivity contribution in [2.24, 2.45) is 0 Å². The predicted octanol–water partition coefficient (Wildman–Crippen LogP) is 7.18. The Morgan fingerprint density at radius 1 is 0.778 bits per heavy atom. The molecule has 0 radical (unpaired) electrons. The van der Waals surface area contributed by atoms with E-state index in [9.17, 15) is 13.2 Å². The summed E-state index contributed by atoms with van der Waals surface area (Å²) in [5, 5.41) is 0. The third kappa shape index (κ3) is 5.94. The number of para-hydroxylation sites is 1. The Morgan fingerprint density at radius 2 is 1.47 bits per heavy atom. The molecule has 8 nitrogen and oxygen atoms in total. The van der Waals surface area contributed by atoms with E-state index in [4.69, 9.17) is 9.47 Å². The van der Waals surface area contributed by atoms with Gasteiger partial charge in [-0.1, -0.05) is 66.2 Å². The van der Waals surface area contributed by atoms with E-state index in [0.717, 1.165) is 16.7 Å².